The molecule has 0 radical (unpaired) electrons. The molecule has 48 heavy (non-hydrogen) atoms. The van der Waals surface area contributed by atoms with Gasteiger partial charge in [0.25, 0.3) is 0 Å². The second-order valence-corrected chi connectivity index (χ2v) is 16.0. The highest BCUT2D eigenvalue weighted by molar-refractivity contribution is 8.03. The van der Waals surface area contributed by atoms with Gasteiger partial charge >= 0.3 is 5.97 Å². The molecule has 3 aliphatic heterocycles. The van der Waals surface area contributed by atoms with E-state index in [1.54, 1.807) is 17.8 Å². The lowest BCUT2D eigenvalue weighted by Gasteiger charge is -2.38. The zero-order valence-corrected chi connectivity index (χ0v) is 28.9. The molecule has 2 N–H and O–H groups in total. The molecule has 13 heteroatoms. The van der Waals surface area contributed by atoms with Gasteiger partial charge in [-0.05, 0) is 73.2 Å². The highest BCUT2D eigenvalue weighted by Crippen LogP contribution is 2.50. The quantitative estimate of drug-likeness (QED) is 0.254. The number of allylic oxidation sites excluding steroid dienone is 3. The van der Waals surface area contributed by atoms with Crippen molar-refractivity contribution in [3.05, 3.63) is 117 Å². The molecule has 3 heterocycles. The third kappa shape index (κ3) is 6.91. The average Bonchev–Trinajstić information content (AvgIpc) is 3.62. The number of carboxylic acids is 1. The van der Waals surface area contributed by atoms with Crippen LogP contribution in [0.2, 0.25) is 5.02 Å². The van der Waals surface area contributed by atoms with Crippen molar-refractivity contribution in [2.75, 3.05) is 20.1 Å². The summed E-state index contributed by atoms with van der Waals surface area (Å²) in [5.41, 5.74) is 5.90. The SMILES string of the molecule is C[C@@H](F)CC1C=C=C(C2=C3C[C@@](C)(CNS(=O)(=O)c4ccc(C(=O)O)cc4)CN3C(C3SC=CN3C)=N[C@H]2c2ccc(F)cc2Cl)C=C1. The van der Waals surface area contributed by atoms with Crippen molar-refractivity contribution in [1.82, 2.24) is 14.5 Å². The Morgan fingerprint density at radius 1 is 1.27 bits per heavy atom. The predicted molar refractivity (Wildman–Crippen MR) is 184 cm³/mol. The number of likely N-dealkylation sites (N-methyl/N-ethyl adjacent to an activating group) is 1. The monoisotopic (exact) mass is 712 g/mol. The smallest absolute Gasteiger partial charge is 0.335 e. The first-order valence-corrected chi connectivity index (χ1v) is 18.2. The molecule has 1 fully saturated rings. The molecule has 0 saturated carbocycles. The van der Waals surface area contributed by atoms with E-state index in [0.29, 0.717) is 24.9 Å². The van der Waals surface area contributed by atoms with E-state index in [1.165, 1.54) is 43.3 Å². The van der Waals surface area contributed by atoms with E-state index in [9.17, 15) is 27.1 Å². The van der Waals surface area contributed by atoms with E-state index >= 15 is 0 Å². The number of halogens is 3. The van der Waals surface area contributed by atoms with E-state index in [1.807, 2.05) is 43.8 Å². The molecule has 1 saturated heterocycles. The van der Waals surface area contributed by atoms with E-state index < -0.39 is 39.4 Å². The molecule has 0 aromatic heterocycles. The maximum Gasteiger partial charge on any atom is 0.335 e. The summed E-state index contributed by atoms with van der Waals surface area (Å²) in [6, 6.07) is 8.74. The maximum atomic E-state index is 14.3. The number of carbonyl (C=O) groups is 1. The fourth-order valence-electron chi connectivity index (χ4n) is 6.44. The Balaban J connectivity index is 1.42. The van der Waals surface area contributed by atoms with Crippen molar-refractivity contribution >= 4 is 45.2 Å². The van der Waals surface area contributed by atoms with Gasteiger partial charge in [0.15, 0.2) is 0 Å². The average molecular weight is 713 g/mol. The second-order valence-electron chi connectivity index (χ2n) is 12.8. The molecule has 0 bridgehead atoms. The summed E-state index contributed by atoms with van der Waals surface area (Å²) in [4.78, 5) is 20.7. The lowest BCUT2D eigenvalue weighted by Crippen LogP contribution is -2.45. The van der Waals surface area contributed by atoms with Crippen molar-refractivity contribution in [3.63, 3.8) is 0 Å². The summed E-state index contributed by atoms with van der Waals surface area (Å²) in [6.07, 6.45) is 7.52. The maximum absolute atomic E-state index is 14.3. The summed E-state index contributed by atoms with van der Waals surface area (Å²) in [7, 11) is -2.00. The van der Waals surface area contributed by atoms with Crippen LogP contribution >= 0.6 is 23.4 Å². The number of alkyl halides is 1. The Bertz CT molecular complexity index is 1940. The first-order chi connectivity index (χ1) is 22.7. The number of fused-ring (bicyclic) bond motifs is 1. The number of aliphatic imine (C=N–C) groups is 1. The van der Waals surface area contributed by atoms with E-state index in [2.05, 4.69) is 20.3 Å². The van der Waals surface area contributed by atoms with Crippen LogP contribution in [-0.4, -0.2) is 66.8 Å². The first kappa shape index (κ1) is 34.2. The van der Waals surface area contributed by atoms with Gasteiger partial charge in [-0.2, -0.15) is 0 Å². The Morgan fingerprint density at radius 2 is 2.02 bits per heavy atom. The van der Waals surface area contributed by atoms with Crippen molar-refractivity contribution in [1.29, 1.82) is 0 Å². The topological polar surface area (TPSA) is 102 Å². The van der Waals surface area contributed by atoms with Crippen LogP contribution in [-0.2, 0) is 10.0 Å². The van der Waals surface area contributed by atoms with Crippen molar-refractivity contribution < 1.29 is 27.1 Å². The van der Waals surface area contributed by atoms with Crippen LogP contribution in [0.3, 0.4) is 0 Å². The zero-order chi connectivity index (χ0) is 34.4. The molecular weight excluding hydrogens is 678 g/mol. The Labute approximate surface area is 288 Å². The molecule has 2 aromatic rings. The highest BCUT2D eigenvalue weighted by atomic mass is 35.5. The molecule has 0 spiro atoms. The largest absolute Gasteiger partial charge is 0.478 e. The molecular formula is C35H35ClF2N4O4S2. The minimum absolute atomic E-state index is 0.00874. The van der Waals surface area contributed by atoms with Gasteiger partial charge in [0.1, 0.15) is 23.1 Å². The van der Waals surface area contributed by atoms with Gasteiger partial charge in [-0.25, -0.2) is 26.7 Å². The van der Waals surface area contributed by atoms with Crippen LogP contribution < -0.4 is 4.72 Å². The number of amidine groups is 1. The number of rotatable bonds is 10. The number of hydrogen-bond donors (Lipinski definition) is 2. The van der Waals surface area contributed by atoms with Gasteiger partial charge in [-0.1, -0.05) is 48.5 Å². The van der Waals surface area contributed by atoms with Crippen molar-refractivity contribution in [2.45, 2.75) is 49.2 Å². The minimum Gasteiger partial charge on any atom is -0.478 e. The number of carboxylic acid groups (broad SMARTS) is 1. The van der Waals surface area contributed by atoms with Gasteiger partial charge in [0, 0.05) is 59.5 Å². The molecule has 6 rings (SSSR count). The number of aromatic carboxylic acids is 1. The number of benzene rings is 2. The summed E-state index contributed by atoms with van der Waals surface area (Å²) < 4.78 is 57.5. The Hall–Kier alpha value is -3.67. The van der Waals surface area contributed by atoms with E-state index in [4.69, 9.17) is 16.6 Å². The fourth-order valence-corrected chi connectivity index (χ4v) is 8.90. The molecule has 0 amide bonds. The van der Waals surface area contributed by atoms with Gasteiger partial charge < -0.3 is 14.9 Å². The number of nitrogens with one attached hydrogen (secondary N) is 1. The summed E-state index contributed by atoms with van der Waals surface area (Å²) in [5.74, 6) is -0.960. The molecule has 5 atom stereocenters. The molecule has 2 unspecified atom stereocenters. The third-order valence-electron chi connectivity index (χ3n) is 8.88. The van der Waals surface area contributed by atoms with Gasteiger partial charge in [-0.3, -0.25) is 4.99 Å². The highest BCUT2D eigenvalue weighted by Gasteiger charge is 2.47. The van der Waals surface area contributed by atoms with Gasteiger partial charge in [0.05, 0.1) is 16.6 Å². The number of sulfonamides is 1. The number of hydrogen-bond acceptors (Lipinski definition) is 7. The third-order valence-corrected chi connectivity index (χ3v) is 11.7. The van der Waals surface area contributed by atoms with Crippen molar-refractivity contribution in [3.8, 4) is 0 Å². The van der Waals surface area contributed by atoms with Crippen molar-refractivity contribution in [2.24, 2.45) is 16.3 Å². The lowest BCUT2D eigenvalue weighted by molar-refractivity contribution is 0.0696. The minimum atomic E-state index is -3.96. The normalized spacial score (nSPS) is 25.8. The second kappa shape index (κ2) is 13.3. The predicted octanol–water partition coefficient (Wildman–Crippen LogP) is 7.07. The molecule has 2 aromatic carbocycles. The summed E-state index contributed by atoms with van der Waals surface area (Å²) in [5, 5.41) is 11.3. The lowest BCUT2D eigenvalue weighted by atomic mass is 9.83. The Kier molecular flexibility index (Phi) is 9.50. The molecule has 8 nitrogen and oxygen atoms in total. The summed E-state index contributed by atoms with van der Waals surface area (Å²) >= 11 is 8.28. The van der Waals surface area contributed by atoms with Crippen LogP contribution in [0.1, 0.15) is 48.7 Å². The van der Waals surface area contributed by atoms with E-state index in [0.717, 1.165) is 22.7 Å². The van der Waals surface area contributed by atoms with Gasteiger partial charge in [0.2, 0.25) is 10.0 Å². The van der Waals surface area contributed by atoms with Crippen LogP contribution in [0, 0.1) is 17.2 Å². The standard InChI is InChI=1S/C35H35ClF2N4O4S2/c1-21(37)16-22-4-6-23(7-5-22)30-29-18-35(2,19-39-48(45,46)26-11-8-24(9-12-26)34(43)44)20-42(29)32(33-41(3)14-15-47-33)40-31(30)27-13-10-25(38)17-28(27)36/h4-6,8-15,17,21-22,31,33,39H,16,18-20H2,1-3H3,(H,43,44)/t21-,22?,31+,33?,35+/m1/s1. The Morgan fingerprint density at radius 3 is 2.62 bits per heavy atom. The zero-order valence-electron chi connectivity index (χ0n) is 26.5. The first-order valence-electron chi connectivity index (χ1n) is 15.4. The van der Waals surface area contributed by atoms with Gasteiger partial charge in [-0.15, -0.1) is 5.73 Å². The fraction of sp³-hybridized carbons (Fsp3) is 0.343. The van der Waals surface area contributed by atoms with Crippen LogP contribution in [0.15, 0.2) is 105 Å². The molecule has 4 aliphatic rings. The number of thioether (sulfide) groups is 1. The molecule has 1 aliphatic carbocycles. The summed E-state index contributed by atoms with van der Waals surface area (Å²) in [6.45, 7) is 4.07. The molecule has 252 valence electrons. The van der Waals surface area contributed by atoms with E-state index in [-0.39, 0.29) is 33.3 Å². The number of nitrogens with zero attached hydrogens (tertiary/aromatic N) is 3. The van der Waals surface area contributed by atoms with Crippen LogP contribution in [0.25, 0.3) is 0 Å². The van der Waals surface area contributed by atoms with Crippen LogP contribution in [0.4, 0.5) is 8.78 Å². The van der Waals surface area contributed by atoms with Crippen LogP contribution in [0.5, 0.6) is 0 Å².